The second kappa shape index (κ2) is 4.48. The highest BCUT2D eigenvalue weighted by molar-refractivity contribution is 6.39. The number of hydrogen-bond acceptors (Lipinski definition) is 2. The van der Waals surface area contributed by atoms with Crippen molar-refractivity contribution < 1.29 is 0 Å². The monoisotopic (exact) mass is 333 g/mol. The minimum Gasteiger partial charge on any atom is -0.311 e. The fourth-order valence-corrected chi connectivity index (χ4v) is 5.62. The predicted molar refractivity (Wildman–Crippen MR) is 87.5 cm³/mol. The first kappa shape index (κ1) is 13.4. The Morgan fingerprint density at radius 2 is 1.68 bits per heavy atom. The summed E-state index contributed by atoms with van der Waals surface area (Å²) in [6.07, 6.45) is 6.21. The standard InChI is InChI=1S/C17H17Cl2N3/c18-12-1-2-13(19)15-14(12)16(20)22-11-6-8-3-9(7-11)5-10(4-8)17(22)21-15/h1-2,8-11,20H,3-7H2. The van der Waals surface area contributed by atoms with E-state index >= 15 is 0 Å². The minimum atomic E-state index is 0.422. The van der Waals surface area contributed by atoms with Gasteiger partial charge in [-0.2, -0.15) is 0 Å². The molecule has 1 N–H and O–H groups in total. The van der Waals surface area contributed by atoms with Crippen LogP contribution in [0.25, 0.3) is 10.9 Å². The van der Waals surface area contributed by atoms with Gasteiger partial charge in [0, 0.05) is 12.0 Å². The van der Waals surface area contributed by atoms with Gasteiger partial charge < -0.3 is 4.57 Å². The van der Waals surface area contributed by atoms with Gasteiger partial charge in [-0.15, -0.1) is 0 Å². The van der Waals surface area contributed by atoms with E-state index in [2.05, 4.69) is 4.57 Å². The fraction of sp³-hybridized carbons (Fsp3) is 0.529. The number of hydrogen-bond donors (Lipinski definition) is 1. The van der Waals surface area contributed by atoms with E-state index in [4.69, 9.17) is 33.6 Å². The normalized spacial score (nSPS) is 32.3. The summed E-state index contributed by atoms with van der Waals surface area (Å²) < 4.78 is 2.19. The molecule has 1 aromatic carbocycles. The Morgan fingerprint density at radius 3 is 2.41 bits per heavy atom. The summed E-state index contributed by atoms with van der Waals surface area (Å²) in [5.41, 5.74) is 1.21. The second-order valence-corrected chi connectivity index (χ2v) is 8.02. The molecular formula is C17H17Cl2N3. The smallest absolute Gasteiger partial charge is 0.137 e. The molecule has 2 unspecified atom stereocenters. The zero-order chi connectivity index (χ0) is 15.0. The van der Waals surface area contributed by atoms with Gasteiger partial charge in [0.05, 0.1) is 20.9 Å². The van der Waals surface area contributed by atoms with E-state index < -0.39 is 0 Å². The van der Waals surface area contributed by atoms with Gasteiger partial charge in [-0.1, -0.05) is 23.2 Å². The third-order valence-corrected chi connectivity index (χ3v) is 6.49. The Kier molecular flexibility index (Phi) is 2.73. The number of benzene rings is 1. The van der Waals surface area contributed by atoms with Crippen molar-refractivity contribution in [2.45, 2.75) is 44.1 Å². The molecule has 2 saturated carbocycles. The van der Waals surface area contributed by atoms with E-state index in [0.29, 0.717) is 38.4 Å². The molecule has 0 saturated heterocycles. The van der Waals surface area contributed by atoms with Gasteiger partial charge in [0.1, 0.15) is 11.3 Å². The first-order chi connectivity index (χ1) is 10.6. The SMILES string of the molecule is N=c1c2c(Cl)ccc(Cl)c2nc2n1C1CC3CC(CC2C3)C1. The van der Waals surface area contributed by atoms with Gasteiger partial charge in [0.15, 0.2) is 0 Å². The van der Waals surface area contributed by atoms with Gasteiger partial charge in [0.2, 0.25) is 0 Å². The average Bonchev–Trinajstić information content (AvgIpc) is 2.65. The molecule has 0 radical (unpaired) electrons. The average molecular weight is 334 g/mol. The summed E-state index contributed by atoms with van der Waals surface area (Å²) in [6, 6.07) is 3.99. The maximum Gasteiger partial charge on any atom is 0.137 e. The molecule has 114 valence electrons. The lowest BCUT2D eigenvalue weighted by Gasteiger charge is -2.37. The number of fused-ring (bicyclic) bond motifs is 1. The van der Waals surface area contributed by atoms with Crippen molar-refractivity contribution >= 4 is 34.1 Å². The van der Waals surface area contributed by atoms with E-state index in [1.165, 1.54) is 32.1 Å². The number of nitrogens with zero attached hydrogens (tertiary/aromatic N) is 2. The molecule has 4 aliphatic rings. The van der Waals surface area contributed by atoms with Gasteiger partial charge in [-0.3, -0.25) is 5.41 Å². The lowest BCUT2D eigenvalue weighted by atomic mass is 9.68. The summed E-state index contributed by atoms with van der Waals surface area (Å²) in [5, 5.41) is 10.6. The molecule has 2 aliphatic carbocycles. The van der Waals surface area contributed by atoms with Crippen molar-refractivity contribution in [3.63, 3.8) is 0 Å². The maximum absolute atomic E-state index is 8.76. The van der Waals surface area contributed by atoms with Crippen LogP contribution in [0.5, 0.6) is 0 Å². The van der Waals surface area contributed by atoms with Crippen LogP contribution in [-0.4, -0.2) is 9.55 Å². The predicted octanol–water partition coefficient (Wildman–Crippen LogP) is 4.67. The van der Waals surface area contributed by atoms with Crippen LogP contribution in [0.3, 0.4) is 0 Å². The molecule has 3 heterocycles. The van der Waals surface area contributed by atoms with Gasteiger partial charge in [-0.05, 0) is 56.1 Å². The first-order valence-corrected chi connectivity index (χ1v) is 8.82. The molecule has 5 heteroatoms. The Labute approximate surface area is 138 Å². The third-order valence-electron chi connectivity index (χ3n) is 5.87. The molecule has 1 aromatic heterocycles. The van der Waals surface area contributed by atoms with E-state index in [1.807, 2.05) is 0 Å². The van der Waals surface area contributed by atoms with Crippen LogP contribution in [0.2, 0.25) is 10.0 Å². The van der Waals surface area contributed by atoms with Gasteiger partial charge >= 0.3 is 0 Å². The lowest BCUT2D eigenvalue weighted by Crippen LogP contribution is -2.31. The van der Waals surface area contributed by atoms with E-state index in [-0.39, 0.29) is 0 Å². The van der Waals surface area contributed by atoms with Crippen molar-refractivity contribution in [2.75, 3.05) is 0 Å². The fourth-order valence-electron chi connectivity index (χ4n) is 5.17. The van der Waals surface area contributed by atoms with Crippen LogP contribution in [0.4, 0.5) is 0 Å². The summed E-state index contributed by atoms with van der Waals surface area (Å²) >= 11 is 12.7. The molecule has 0 spiro atoms. The minimum absolute atomic E-state index is 0.422. The van der Waals surface area contributed by atoms with Crippen LogP contribution < -0.4 is 5.49 Å². The Bertz CT molecular complexity index is 843. The molecule has 22 heavy (non-hydrogen) atoms. The van der Waals surface area contributed by atoms with Crippen LogP contribution in [0.1, 0.15) is 49.9 Å². The second-order valence-electron chi connectivity index (χ2n) is 7.20. The number of rotatable bonds is 0. The van der Waals surface area contributed by atoms with Crippen LogP contribution in [0, 0.1) is 17.2 Å². The van der Waals surface area contributed by atoms with Gasteiger partial charge in [0.25, 0.3) is 0 Å². The molecule has 3 nitrogen and oxygen atoms in total. The Hall–Kier alpha value is -1.06. The van der Waals surface area contributed by atoms with Crippen molar-refractivity contribution in [2.24, 2.45) is 11.8 Å². The highest BCUT2D eigenvalue weighted by Gasteiger charge is 2.43. The Morgan fingerprint density at radius 1 is 1.00 bits per heavy atom. The van der Waals surface area contributed by atoms with Crippen LogP contribution >= 0.6 is 23.2 Å². The Balaban J connectivity index is 1.89. The van der Waals surface area contributed by atoms with Crippen molar-refractivity contribution in [3.05, 3.63) is 33.5 Å². The van der Waals surface area contributed by atoms with Crippen molar-refractivity contribution in [1.82, 2.24) is 9.55 Å². The highest BCUT2D eigenvalue weighted by atomic mass is 35.5. The topological polar surface area (TPSA) is 41.7 Å². The molecule has 2 aliphatic heterocycles. The van der Waals surface area contributed by atoms with E-state index in [0.717, 1.165) is 17.7 Å². The largest absolute Gasteiger partial charge is 0.311 e. The highest BCUT2D eigenvalue weighted by Crippen LogP contribution is 2.52. The summed E-state index contributed by atoms with van der Waals surface area (Å²) in [6.45, 7) is 0. The molecule has 6 rings (SSSR count). The van der Waals surface area contributed by atoms with Crippen molar-refractivity contribution in [3.8, 4) is 0 Å². The molecule has 0 amide bonds. The molecule has 2 fully saturated rings. The quantitative estimate of drug-likeness (QED) is 0.747. The first-order valence-electron chi connectivity index (χ1n) is 8.06. The molecule has 4 bridgehead atoms. The number of nitrogens with one attached hydrogen (secondary N) is 1. The van der Waals surface area contributed by atoms with E-state index in [1.54, 1.807) is 12.1 Å². The summed E-state index contributed by atoms with van der Waals surface area (Å²) in [5.74, 6) is 3.17. The summed E-state index contributed by atoms with van der Waals surface area (Å²) in [7, 11) is 0. The third kappa shape index (κ3) is 1.70. The molecule has 2 aromatic rings. The lowest BCUT2D eigenvalue weighted by molar-refractivity contribution is 0.150. The zero-order valence-corrected chi connectivity index (χ0v) is 13.7. The summed E-state index contributed by atoms with van der Waals surface area (Å²) in [4.78, 5) is 4.92. The molecule has 2 atom stereocenters. The molecular weight excluding hydrogens is 317 g/mol. The van der Waals surface area contributed by atoms with E-state index in [9.17, 15) is 0 Å². The number of halogens is 2. The maximum atomic E-state index is 8.76. The number of aromatic nitrogens is 2. The van der Waals surface area contributed by atoms with Crippen molar-refractivity contribution in [1.29, 1.82) is 5.41 Å². The van der Waals surface area contributed by atoms with Gasteiger partial charge in [-0.25, -0.2) is 4.98 Å². The van der Waals surface area contributed by atoms with Crippen LogP contribution in [0.15, 0.2) is 12.1 Å². The zero-order valence-electron chi connectivity index (χ0n) is 12.1. The van der Waals surface area contributed by atoms with Crippen LogP contribution in [-0.2, 0) is 0 Å².